The second kappa shape index (κ2) is 10.2. The Balaban J connectivity index is 1.57. The van der Waals surface area contributed by atoms with Gasteiger partial charge in [-0.15, -0.1) is 11.3 Å². The minimum atomic E-state index is -0.420. The smallest absolute Gasteiger partial charge is 0.315 e. The first-order valence-corrected chi connectivity index (χ1v) is 10.4. The number of benzene rings is 1. The second-order valence-corrected chi connectivity index (χ2v) is 7.49. The van der Waals surface area contributed by atoms with Gasteiger partial charge in [0.1, 0.15) is 0 Å². The van der Waals surface area contributed by atoms with E-state index in [1.165, 1.54) is 0 Å². The van der Waals surface area contributed by atoms with E-state index < -0.39 is 5.92 Å². The molecule has 3 amide bonds. The van der Waals surface area contributed by atoms with E-state index in [1.807, 2.05) is 40.6 Å². The van der Waals surface area contributed by atoms with Gasteiger partial charge in [-0.1, -0.05) is 37.3 Å². The maximum absolute atomic E-state index is 13.0. The molecule has 0 saturated carbocycles. The molecule has 2 aromatic rings. The van der Waals surface area contributed by atoms with Crippen LogP contribution in [-0.4, -0.2) is 54.7 Å². The van der Waals surface area contributed by atoms with Crippen LogP contribution in [0.25, 0.3) is 0 Å². The van der Waals surface area contributed by atoms with Crippen LogP contribution in [-0.2, 0) is 22.5 Å². The molecule has 0 bridgehead atoms. The van der Waals surface area contributed by atoms with Crippen LogP contribution in [0.1, 0.15) is 29.1 Å². The fourth-order valence-corrected chi connectivity index (χ4v) is 3.80. The number of aryl methyl sites for hydroxylation is 1. The van der Waals surface area contributed by atoms with Crippen molar-refractivity contribution in [2.45, 2.75) is 25.8 Å². The maximum Gasteiger partial charge on any atom is 0.315 e. The summed E-state index contributed by atoms with van der Waals surface area (Å²) in [6.45, 7) is 4.93. The summed E-state index contributed by atoms with van der Waals surface area (Å²) in [7, 11) is 0. The molecule has 3 rings (SSSR count). The number of nitrogens with zero attached hydrogens (tertiary/aromatic N) is 2. The molecule has 7 nitrogen and oxygen atoms in total. The molecule has 2 N–H and O–H groups in total. The van der Waals surface area contributed by atoms with Gasteiger partial charge in [0.2, 0.25) is 5.91 Å². The fraction of sp³-hybridized carbons (Fsp3) is 0.450. The largest absolute Gasteiger partial charge is 0.378 e. The zero-order chi connectivity index (χ0) is 19.8. The molecule has 0 spiro atoms. The van der Waals surface area contributed by atoms with Gasteiger partial charge in [-0.3, -0.25) is 4.79 Å². The van der Waals surface area contributed by atoms with Gasteiger partial charge in [-0.05, 0) is 12.0 Å². The van der Waals surface area contributed by atoms with E-state index >= 15 is 0 Å². The summed E-state index contributed by atoms with van der Waals surface area (Å²) in [5, 5.41) is 8.66. The average molecular weight is 403 g/mol. The van der Waals surface area contributed by atoms with Crippen molar-refractivity contribution < 1.29 is 14.3 Å². The predicted molar refractivity (Wildman–Crippen MR) is 108 cm³/mol. The molecular formula is C20H26N4O3S. The summed E-state index contributed by atoms with van der Waals surface area (Å²) in [5.41, 5.74) is 1.74. The van der Waals surface area contributed by atoms with Crippen LogP contribution in [0.3, 0.4) is 0 Å². The van der Waals surface area contributed by atoms with Gasteiger partial charge >= 0.3 is 6.03 Å². The van der Waals surface area contributed by atoms with Gasteiger partial charge in [-0.25, -0.2) is 9.78 Å². The van der Waals surface area contributed by atoms with Crippen LogP contribution in [0.2, 0.25) is 0 Å². The molecule has 1 aromatic carbocycles. The first-order valence-electron chi connectivity index (χ1n) is 9.53. The predicted octanol–water partition coefficient (Wildman–Crippen LogP) is 2.15. The number of amides is 3. The zero-order valence-electron chi connectivity index (χ0n) is 16.0. The number of hydrogen-bond donors (Lipinski definition) is 2. The zero-order valence-corrected chi connectivity index (χ0v) is 16.8. The average Bonchev–Trinajstić information content (AvgIpc) is 3.22. The summed E-state index contributed by atoms with van der Waals surface area (Å²) in [4.78, 5) is 31.5. The van der Waals surface area contributed by atoms with Gasteiger partial charge in [0.15, 0.2) is 0 Å². The molecule has 1 fully saturated rings. The molecular weight excluding hydrogens is 376 g/mol. The van der Waals surface area contributed by atoms with Gasteiger partial charge in [0.05, 0.1) is 36.4 Å². The van der Waals surface area contributed by atoms with Crippen molar-refractivity contribution in [2.75, 3.05) is 32.8 Å². The topological polar surface area (TPSA) is 83.6 Å². The Morgan fingerprint density at radius 3 is 2.64 bits per heavy atom. The molecule has 1 aromatic heterocycles. The molecule has 150 valence electrons. The number of ether oxygens (including phenoxy) is 1. The SMILES string of the molecule is CCc1nc(CNC(=O)NCC(C(=O)N2CCOCC2)c2ccccc2)cs1. The Hall–Kier alpha value is -2.45. The van der Waals surface area contributed by atoms with Crippen LogP contribution >= 0.6 is 11.3 Å². The Morgan fingerprint density at radius 1 is 1.21 bits per heavy atom. The Morgan fingerprint density at radius 2 is 1.96 bits per heavy atom. The van der Waals surface area contributed by atoms with E-state index in [2.05, 4.69) is 22.5 Å². The molecule has 1 atom stereocenters. The highest BCUT2D eigenvalue weighted by Crippen LogP contribution is 2.19. The number of carbonyl (C=O) groups excluding carboxylic acids is 2. The molecule has 1 saturated heterocycles. The third-order valence-electron chi connectivity index (χ3n) is 4.62. The fourth-order valence-electron chi connectivity index (χ4n) is 3.06. The third kappa shape index (κ3) is 5.53. The highest BCUT2D eigenvalue weighted by atomic mass is 32.1. The second-order valence-electron chi connectivity index (χ2n) is 6.55. The molecule has 1 unspecified atom stereocenters. The molecule has 8 heteroatoms. The molecule has 0 aliphatic carbocycles. The number of aromatic nitrogens is 1. The number of rotatable bonds is 7. The van der Waals surface area contributed by atoms with Crippen molar-refractivity contribution in [3.05, 3.63) is 52.0 Å². The number of thiazole rings is 1. The number of nitrogens with one attached hydrogen (secondary N) is 2. The molecule has 28 heavy (non-hydrogen) atoms. The lowest BCUT2D eigenvalue weighted by Gasteiger charge is -2.30. The third-order valence-corrected chi connectivity index (χ3v) is 5.66. The van der Waals surface area contributed by atoms with Crippen molar-refractivity contribution in [2.24, 2.45) is 0 Å². The van der Waals surface area contributed by atoms with E-state index in [9.17, 15) is 9.59 Å². The summed E-state index contributed by atoms with van der Waals surface area (Å²) >= 11 is 1.59. The van der Waals surface area contributed by atoms with Crippen molar-refractivity contribution >= 4 is 23.3 Å². The number of urea groups is 1. The molecule has 2 heterocycles. The lowest BCUT2D eigenvalue weighted by Crippen LogP contribution is -2.46. The van der Waals surface area contributed by atoms with Crippen LogP contribution in [0.5, 0.6) is 0 Å². The lowest BCUT2D eigenvalue weighted by molar-refractivity contribution is -0.136. The Labute approximate surface area is 169 Å². The van der Waals surface area contributed by atoms with Gasteiger partial charge in [0, 0.05) is 25.0 Å². The van der Waals surface area contributed by atoms with E-state index in [0.29, 0.717) is 32.8 Å². The summed E-state index contributed by atoms with van der Waals surface area (Å²) in [6, 6.07) is 9.26. The van der Waals surface area contributed by atoms with Gasteiger partial charge in [-0.2, -0.15) is 0 Å². The summed E-state index contributed by atoms with van der Waals surface area (Å²) < 4.78 is 5.34. The quantitative estimate of drug-likeness (QED) is 0.743. The van der Waals surface area contributed by atoms with E-state index in [4.69, 9.17) is 4.74 Å². The first-order chi connectivity index (χ1) is 13.7. The molecule has 1 aliphatic rings. The molecule has 0 radical (unpaired) electrons. The minimum absolute atomic E-state index is 0.0156. The van der Waals surface area contributed by atoms with Crippen molar-refractivity contribution in [3.8, 4) is 0 Å². The first kappa shape index (κ1) is 20.3. The van der Waals surface area contributed by atoms with Crippen LogP contribution in [0.4, 0.5) is 4.79 Å². The number of hydrogen-bond acceptors (Lipinski definition) is 5. The number of morpholine rings is 1. The van der Waals surface area contributed by atoms with Crippen LogP contribution in [0, 0.1) is 0 Å². The number of carbonyl (C=O) groups is 2. The highest BCUT2D eigenvalue weighted by molar-refractivity contribution is 7.09. The van der Waals surface area contributed by atoms with E-state index in [0.717, 1.165) is 22.7 Å². The Bertz CT molecular complexity index is 775. The van der Waals surface area contributed by atoms with Crippen LogP contribution in [0.15, 0.2) is 35.7 Å². The lowest BCUT2D eigenvalue weighted by atomic mass is 9.97. The normalized spacial score (nSPS) is 15.1. The molecule has 1 aliphatic heterocycles. The maximum atomic E-state index is 13.0. The van der Waals surface area contributed by atoms with E-state index in [-0.39, 0.29) is 18.5 Å². The monoisotopic (exact) mass is 402 g/mol. The van der Waals surface area contributed by atoms with Gasteiger partial charge in [0.25, 0.3) is 0 Å². The Kier molecular flexibility index (Phi) is 7.39. The summed E-state index contributed by atoms with van der Waals surface area (Å²) in [5.74, 6) is -0.405. The summed E-state index contributed by atoms with van der Waals surface area (Å²) in [6.07, 6.45) is 0.888. The van der Waals surface area contributed by atoms with Gasteiger partial charge < -0.3 is 20.3 Å². The van der Waals surface area contributed by atoms with Crippen molar-refractivity contribution in [1.29, 1.82) is 0 Å². The standard InChI is InChI=1S/C20H26N4O3S/c1-2-18-23-16(14-28-18)12-21-20(26)22-13-17(15-6-4-3-5-7-15)19(25)24-8-10-27-11-9-24/h3-7,14,17H,2,8-13H2,1H3,(H2,21,22,26). The van der Waals surface area contributed by atoms with Crippen molar-refractivity contribution in [3.63, 3.8) is 0 Å². The van der Waals surface area contributed by atoms with Crippen LogP contribution < -0.4 is 10.6 Å². The highest BCUT2D eigenvalue weighted by Gasteiger charge is 2.27. The minimum Gasteiger partial charge on any atom is -0.378 e. The van der Waals surface area contributed by atoms with Crippen molar-refractivity contribution in [1.82, 2.24) is 20.5 Å². The van der Waals surface area contributed by atoms with E-state index in [1.54, 1.807) is 11.3 Å².